The Morgan fingerprint density at radius 3 is 2.61 bits per heavy atom. The third kappa shape index (κ3) is 3.41. The number of thiazole rings is 1. The summed E-state index contributed by atoms with van der Waals surface area (Å²) in [6.07, 6.45) is 0. The molecule has 4 aromatic rings. The van der Waals surface area contributed by atoms with E-state index in [-0.39, 0.29) is 0 Å². The van der Waals surface area contributed by atoms with Crippen LogP contribution in [0.4, 0.5) is 5.69 Å². The highest BCUT2D eigenvalue weighted by Gasteiger charge is 2.11. The normalized spacial score (nSPS) is 12.9. The SMILES string of the molecule is Cc1ccc2nc(-c3ccc(NCc4ccc5c(c4)OCCO5)cc3)sc2c1. The first kappa shape index (κ1) is 17.1. The quantitative estimate of drug-likeness (QED) is 0.490. The van der Waals surface area contributed by atoms with E-state index in [2.05, 4.69) is 60.8 Å². The number of aryl methyl sites for hydroxylation is 1. The van der Waals surface area contributed by atoms with Crippen molar-refractivity contribution in [1.29, 1.82) is 0 Å². The standard InChI is InChI=1S/C23H20N2O2S/c1-15-2-8-19-22(12-15)28-23(25-19)17-4-6-18(7-5-17)24-14-16-3-9-20-21(13-16)27-11-10-26-20/h2-9,12-13,24H,10-11,14H2,1H3. The van der Waals surface area contributed by atoms with Crippen molar-refractivity contribution in [3.05, 3.63) is 71.8 Å². The van der Waals surface area contributed by atoms with E-state index in [4.69, 9.17) is 14.5 Å². The van der Waals surface area contributed by atoms with Gasteiger partial charge in [-0.25, -0.2) is 4.98 Å². The fourth-order valence-electron chi connectivity index (χ4n) is 3.29. The smallest absolute Gasteiger partial charge is 0.161 e. The lowest BCUT2D eigenvalue weighted by Crippen LogP contribution is -2.15. The van der Waals surface area contributed by atoms with E-state index in [0.29, 0.717) is 13.2 Å². The molecule has 0 aliphatic carbocycles. The van der Waals surface area contributed by atoms with Crippen LogP contribution in [0.1, 0.15) is 11.1 Å². The van der Waals surface area contributed by atoms with Crippen molar-refractivity contribution in [3.63, 3.8) is 0 Å². The van der Waals surface area contributed by atoms with Crippen LogP contribution < -0.4 is 14.8 Å². The molecule has 0 saturated carbocycles. The van der Waals surface area contributed by atoms with Crippen molar-refractivity contribution in [2.24, 2.45) is 0 Å². The summed E-state index contributed by atoms with van der Waals surface area (Å²) in [6, 6.07) is 20.9. The number of nitrogens with one attached hydrogen (secondary N) is 1. The Hall–Kier alpha value is -3.05. The fraction of sp³-hybridized carbons (Fsp3) is 0.174. The van der Waals surface area contributed by atoms with Gasteiger partial charge in [-0.3, -0.25) is 0 Å². The number of aromatic nitrogens is 1. The number of hydrogen-bond donors (Lipinski definition) is 1. The predicted octanol–water partition coefficient (Wildman–Crippen LogP) is 5.66. The molecule has 1 aliphatic rings. The van der Waals surface area contributed by atoms with Gasteiger partial charge in [0.15, 0.2) is 11.5 Å². The monoisotopic (exact) mass is 388 g/mol. The highest BCUT2D eigenvalue weighted by molar-refractivity contribution is 7.21. The van der Waals surface area contributed by atoms with Crippen molar-refractivity contribution in [3.8, 4) is 22.1 Å². The van der Waals surface area contributed by atoms with Crippen LogP contribution in [0.25, 0.3) is 20.8 Å². The number of ether oxygens (including phenoxy) is 2. The van der Waals surface area contributed by atoms with Gasteiger partial charge >= 0.3 is 0 Å². The number of hydrogen-bond acceptors (Lipinski definition) is 5. The number of anilines is 1. The summed E-state index contributed by atoms with van der Waals surface area (Å²) in [4.78, 5) is 4.76. The summed E-state index contributed by atoms with van der Waals surface area (Å²) in [5, 5.41) is 4.52. The Kier molecular flexibility index (Phi) is 4.37. The fourth-order valence-corrected chi connectivity index (χ4v) is 4.36. The zero-order chi connectivity index (χ0) is 18.9. The van der Waals surface area contributed by atoms with Crippen LogP contribution in [0.2, 0.25) is 0 Å². The number of benzene rings is 3. The van der Waals surface area contributed by atoms with Gasteiger partial charge in [0.25, 0.3) is 0 Å². The summed E-state index contributed by atoms with van der Waals surface area (Å²) >= 11 is 1.74. The Balaban J connectivity index is 1.29. The maximum atomic E-state index is 5.65. The molecule has 0 spiro atoms. The van der Waals surface area contributed by atoms with E-state index in [1.165, 1.54) is 10.3 Å². The van der Waals surface area contributed by atoms with E-state index in [0.717, 1.165) is 45.4 Å². The summed E-state index contributed by atoms with van der Waals surface area (Å²) < 4.78 is 12.5. The molecule has 3 aromatic carbocycles. The van der Waals surface area contributed by atoms with Gasteiger partial charge in [-0.15, -0.1) is 11.3 Å². The molecule has 0 saturated heterocycles. The van der Waals surface area contributed by atoms with Crippen LogP contribution in [0.15, 0.2) is 60.7 Å². The summed E-state index contributed by atoms with van der Waals surface area (Å²) in [6.45, 7) is 4.07. The molecule has 28 heavy (non-hydrogen) atoms. The Morgan fingerprint density at radius 2 is 1.75 bits per heavy atom. The van der Waals surface area contributed by atoms with Gasteiger partial charge in [0.2, 0.25) is 0 Å². The average Bonchev–Trinajstić information content (AvgIpc) is 3.15. The first-order chi connectivity index (χ1) is 13.7. The van der Waals surface area contributed by atoms with Crippen LogP contribution in [0.3, 0.4) is 0 Å². The average molecular weight is 388 g/mol. The lowest BCUT2D eigenvalue weighted by Gasteiger charge is -2.19. The predicted molar refractivity (Wildman–Crippen MR) is 115 cm³/mol. The first-order valence-electron chi connectivity index (χ1n) is 9.35. The molecule has 0 fully saturated rings. The number of nitrogens with zero attached hydrogens (tertiary/aromatic N) is 1. The molecular formula is C23H20N2O2S. The van der Waals surface area contributed by atoms with E-state index in [1.807, 2.05) is 12.1 Å². The van der Waals surface area contributed by atoms with Gasteiger partial charge in [-0.1, -0.05) is 12.1 Å². The van der Waals surface area contributed by atoms with Gasteiger partial charge in [0.05, 0.1) is 10.2 Å². The molecule has 4 nitrogen and oxygen atoms in total. The van der Waals surface area contributed by atoms with Crippen molar-refractivity contribution >= 4 is 27.2 Å². The third-order valence-electron chi connectivity index (χ3n) is 4.78. The molecule has 1 N–H and O–H groups in total. The van der Waals surface area contributed by atoms with Crippen molar-refractivity contribution in [2.75, 3.05) is 18.5 Å². The zero-order valence-corrected chi connectivity index (χ0v) is 16.4. The van der Waals surface area contributed by atoms with Crippen LogP contribution in [0.5, 0.6) is 11.5 Å². The van der Waals surface area contributed by atoms with Gasteiger partial charge < -0.3 is 14.8 Å². The van der Waals surface area contributed by atoms with Gasteiger partial charge in [-0.05, 0) is 66.6 Å². The van der Waals surface area contributed by atoms with Crippen molar-refractivity contribution < 1.29 is 9.47 Å². The van der Waals surface area contributed by atoms with Crippen LogP contribution in [-0.4, -0.2) is 18.2 Å². The summed E-state index contributed by atoms with van der Waals surface area (Å²) in [5.74, 6) is 1.65. The van der Waals surface area contributed by atoms with Crippen LogP contribution in [0, 0.1) is 6.92 Å². The minimum absolute atomic E-state index is 0.608. The van der Waals surface area contributed by atoms with E-state index in [1.54, 1.807) is 11.3 Å². The van der Waals surface area contributed by atoms with Gasteiger partial charge in [-0.2, -0.15) is 0 Å². The Morgan fingerprint density at radius 1 is 0.929 bits per heavy atom. The zero-order valence-electron chi connectivity index (χ0n) is 15.6. The van der Waals surface area contributed by atoms with E-state index in [9.17, 15) is 0 Å². The molecule has 140 valence electrons. The maximum Gasteiger partial charge on any atom is 0.161 e. The molecule has 0 amide bonds. The highest BCUT2D eigenvalue weighted by atomic mass is 32.1. The maximum absolute atomic E-state index is 5.65. The minimum Gasteiger partial charge on any atom is -0.486 e. The molecule has 2 heterocycles. The molecule has 5 rings (SSSR count). The Bertz CT molecular complexity index is 1140. The van der Waals surface area contributed by atoms with Crippen LogP contribution >= 0.6 is 11.3 Å². The first-order valence-corrected chi connectivity index (χ1v) is 10.2. The highest BCUT2D eigenvalue weighted by Crippen LogP contribution is 2.32. The third-order valence-corrected chi connectivity index (χ3v) is 5.85. The molecule has 1 aliphatic heterocycles. The molecule has 0 unspecified atom stereocenters. The van der Waals surface area contributed by atoms with Gasteiger partial charge in [0, 0.05) is 17.8 Å². The topological polar surface area (TPSA) is 43.4 Å². The van der Waals surface area contributed by atoms with Crippen LogP contribution in [-0.2, 0) is 6.54 Å². The van der Waals surface area contributed by atoms with Crippen molar-refractivity contribution in [1.82, 2.24) is 4.98 Å². The number of rotatable bonds is 4. The number of fused-ring (bicyclic) bond motifs is 2. The van der Waals surface area contributed by atoms with Gasteiger partial charge in [0.1, 0.15) is 18.2 Å². The second-order valence-electron chi connectivity index (χ2n) is 6.90. The van der Waals surface area contributed by atoms with Crippen molar-refractivity contribution in [2.45, 2.75) is 13.5 Å². The molecule has 0 atom stereocenters. The largest absolute Gasteiger partial charge is 0.486 e. The van der Waals surface area contributed by atoms with E-state index < -0.39 is 0 Å². The lowest BCUT2D eigenvalue weighted by molar-refractivity contribution is 0.171. The molecular weight excluding hydrogens is 368 g/mol. The van der Waals surface area contributed by atoms with E-state index >= 15 is 0 Å². The lowest BCUT2D eigenvalue weighted by atomic mass is 10.1. The second kappa shape index (κ2) is 7.17. The minimum atomic E-state index is 0.608. The molecule has 1 aromatic heterocycles. The second-order valence-corrected chi connectivity index (χ2v) is 7.93. The summed E-state index contributed by atoms with van der Waals surface area (Å²) in [7, 11) is 0. The molecule has 0 radical (unpaired) electrons. The molecule has 0 bridgehead atoms. The molecule has 5 heteroatoms. The Labute approximate surface area is 167 Å². The summed E-state index contributed by atoms with van der Waals surface area (Å²) in [5.41, 5.74) is 5.71.